The molecule has 4 aliphatic carbocycles. The second-order valence-electron chi connectivity index (χ2n) is 10.7. The maximum Gasteiger partial charge on any atom is 0.303 e. The first-order chi connectivity index (χ1) is 12.7. The van der Waals surface area contributed by atoms with Crippen LogP contribution in [0.5, 0.6) is 0 Å². The minimum absolute atomic E-state index is 0.0240. The van der Waals surface area contributed by atoms with Crippen LogP contribution in [0.4, 0.5) is 0 Å². The quantitative estimate of drug-likeness (QED) is 0.770. The van der Waals surface area contributed by atoms with Gasteiger partial charge in [-0.2, -0.15) is 0 Å². The van der Waals surface area contributed by atoms with Gasteiger partial charge in [0, 0.05) is 12.3 Å². The monoisotopic (exact) mass is 376 g/mol. The van der Waals surface area contributed by atoms with Crippen LogP contribution in [0.25, 0.3) is 0 Å². The molecule has 0 aromatic carbocycles. The average Bonchev–Trinajstić information content (AvgIpc) is 2.93. The average molecular weight is 377 g/mol. The molecule has 4 rings (SSSR count). The summed E-state index contributed by atoms with van der Waals surface area (Å²) < 4.78 is 0. The van der Waals surface area contributed by atoms with E-state index in [-0.39, 0.29) is 35.2 Å². The lowest BCUT2D eigenvalue weighted by atomic mass is 9.42. The first kappa shape index (κ1) is 19.4. The highest BCUT2D eigenvalue weighted by molar-refractivity contribution is 5.79. The van der Waals surface area contributed by atoms with Gasteiger partial charge in [-0.25, -0.2) is 0 Å². The Hall–Kier alpha value is -0.900. The molecular formula is C23H36O4. The summed E-state index contributed by atoms with van der Waals surface area (Å²) in [6.45, 7) is 6.49. The van der Waals surface area contributed by atoms with Gasteiger partial charge in [0.15, 0.2) is 0 Å². The van der Waals surface area contributed by atoms with Crippen molar-refractivity contribution in [2.75, 3.05) is 0 Å². The number of aliphatic carboxylic acids is 1. The summed E-state index contributed by atoms with van der Waals surface area (Å²) in [7, 11) is 0. The van der Waals surface area contributed by atoms with Crippen molar-refractivity contribution < 1.29 is 19.8 Å². The predicted octanol–water partition coefficient (Wildman–Crippen LogP) is 4.30. The lowest BCUT2D eigenvalue weighted by Gasteiger charge is -2.63. The summed E-state index contributed by atoms with van der Waals surface area (Å²) in [5.74, 6) is 2.17. The van der Waals surface area contributed by atoms with Crippen molar-refractivity contribution in [2.24, 2.45) is 46.3 Å². The van der Waals surface area contributed by atoms with E-state index >= 15 is 0 Å². The molecule has 4 aliphatic rings. The summed E-state index contributed by atoms with van der Waals surface area (Å²) >= 11 is 0. The highest BCUT2D eigenvalue weighted by Crippen LogP contribution is 2.68. The second-order valence-corrected chi connectivity index (χ2v) is 10.7. The van der Waals surface area contributed by atoms with Crippen LogP contribution in [0.1, 0.15) is 78.6 Å². The number of fused-ring (bicyclic) bond motifs is 5. The lowest BCUT2D eigenvalue weighted by Crippen LogP contribution is -2.57. The van der Waals surface area contributed by atoms with E-state index in [1.54, 1.807) is 6.92 Å². The number of Topliss-reactive ketones (excluding diaryl/α,β-unsaturated/α-hetero) is 1. The molecule has 2 N–H and O–H groups in total. The zero-order valence-electron chi connectivity index (χ0n) is 17.1. The largest absolute Gasteiger partial charge is 0.481 e. The third kappa shape index (κ3) is 2.81. The fraction of sp³-hybridized carbons (Fsp3) is 0.913. The number of hydrogen-bond acceptors (Lipinski definition) is 3. The Labute approximate surface area is 163 Å². The Morgan fingerprint density at radius 2 is 1.74 bits per heavy atom. The minimum Gasteiger partial charge on any atom is -0.481 e. The Kier molecular flexibility index (Phi) is 4.73. The summed E-state index contributed by atoms with van der Waals surface area (Å²) in [5, 5.41) is 19.9. The molecule has 4 nitrogen and oxygen atoms in total. The molecule has 27 heavy (non-hydrogen) atoms. The number of carboxylic acids is 1. The van der Waals surface area contributed by atoms with Crippen molar-refractivity contribution in [3.8, 4) is 0 Å². The maximum atomic E-state index is 12.3. The van der Waals surface area contributed by atoms with Gasteiger partial charge in [0.05, 0.1) is 6.10 Å². The number of carbonyl (C=O) groups is 2. The van der Waals surface area contributed by atoms with E-state index in [4.69, 9.17) is 0 Å². The Morgan fingerprint density at radius 3 is 2.41 bits per heavy atom. The molecule has 0 radical (unpaired) electrons. The number of aliphatic hydroxyl groups is 1. The molecule has 4 heteroatoms. The molecule has 0 saturated heterocycles. The van der Waals surface area contributed by atoms with E-state index in [0.29, 0.717) is 35.9 Å². The van der Waals surface area contributed by atoms with Gasteiger partial charge in [-0.15, -0.1) is 0 Å². The standard InChI is InChI=1S/C23H36O4/c1-13(24)18-6-7-19-17-5-4-14-10-16(25)11-15(12-21(26)27)23(14,3)20(17)8-9-22(18,19)2/h14-20,25H,4-12H2,1-3H3,(H,26,27)/t14?,15?,16?,17-,18+,19-,20-,22+,23+/m0/s1. The van der Waals surface area contributed by atoms with Gasteiger partial charge >= 0.3 is 5.97 Å². The molecule has 0 bridgehead atoms. The number of rotatable bonds is 3. The number of ketones is 1. The minimum atomic E-state index is -0.727. The van der Waals surface area contributed by atoms with Crippen molar-refractivity contribution in [2.45, 2.75) is 84.7 Å². The normalized spacial score (nSPS) is 51.8. The number of carboxylic acid groups (broad SMARTS) is 1. The highest BCUT2D eigenvalue weighted by atomic mass is 16.4. The molecule has 4 saturated carbocycles. The van der Waals surface area contributed by atoms with Crippen molar-refractivity contribution >= 4 is 11.8 Å². The van der Waals surface area contributed by atoms with E-state index in [2.05, 4.69) is 13.8 Å². The lowest BCUT2D eigenvalue weighted by molar-refractivity contribution is -0.167. The molecule has 0 amide bonds. The van der Waals surface area contributed by atoms with Crippen molar-refractivity contribution in [1.82, 2.24) is 0 Å². The highest BCUT2D eigenvalue weighted by Gasteiger charge is 2.62. The van der Waals surface area contributed by atoms with Crippen LogP contribution < -0.4 is 0 Å². The van der Waals surface area contributed by atoms with Gasteiger partial charge in [-0.1, -0.05) is 13.8 Å². The Balaban J connectivity index is 1.66. The SMILES string of the molecule is CC(=O)[C@H]1CC[C@H]2[C@@H]3CCC4CC(O)CC(CC(=O)O)[C@]4(C)[C@H]3CC[C@]12C. The van der Waals surface area contributed by atoms with Crippen LogP contribution in [-0.4, -0.2) is 28.1 Å². The first-order valence-corrected chi connectivity index (χ1v) is 11.1. The third-order valence-corrected chi connectivity index (χ3v) is 9.87. The van der Waals surface area contributed by atoms with E-state index in [1.807, 2.05) is 0 Å². The van der Waals surface area contributed by atoms with Crippen molar-refractivity contribution in [1.29, 1.82) is 0 Å². The zero-order valence-corrected chi connectivity index (χ0v) is 17.1. The van der Waals surface area contributed by atoms with Crippen LogP contribution in [0.2, 0.25) is 0 Å². The summed E-state index contributed by atoms with van der Waals surface area (Å²) in [6.07, 6.45) is 8.07. The molecule has 0 spiro atoms. The van der Waals surface area contributed by atoms with Crippen molar-refractivity contribution in [3.05, 3.63) is 0 Å². The number of hydrogen-bond donors (Lipinski definition) is 2. The Morgan fingerprint density at radius 1 is 1.00 bits per heavy atom. The van der Waals surface area contributed by atoms with Gasteiger partial charge in [0.1, 0.15) is 5.78 Å². The van der Waals surface area contributed by atoms with Gasteiger partial charge in [-0.05, 0) is 98.7 Å². The summed E-state index contributed by atoms with van der Waals surface area (Å²) in [5.41, 5.74) is 0.169. The first-order valence-electron chi connectivity index (χ1n) is 11.1. The maximum absolute atomic E-state index is 12.3. The molecular weight excluding hydrogens is 340 g/mol. The van der Waals surface area contributed by atoms with Crippen LogP contribution in [0.15, 0.2) is 0 Å². The fourth-order valence-electron chi connectivity index (χ4n) is 8.67. The topological polar surface area (TPSA) is 74.6 Å². The van der Waals surface area contributed by atoms with Crippen molar-refractivity contribution in [3.63, 3.8) is 0 Å². The van der Waals surface area contributed by atoms with Crippen LogP contribution in [-0.2, 0) is 9.59 Å². The molecule has 0 aromatic heterocycles. The summed E-state index contributed by atoms with van der Waals surface area (Å²) in [6, 6.07) is 0. The second kappa shape index (κ2) is 6.57. The number of carbonyl (C=O) groups excluding carboxylic acids is 1. The number of aliphatic hydroxyl groups excluding tert-OH is 1. The van der Waals surface area contributed by atoms with Gasteiger partial charge in [-0.3, -0.25) is 9.59 Å². The van der Waals surface area contributed by atoms with Crippen LogP contribution in [0.3, 0.4) is 0 Å². The van der Waals surface area contributed by atoms with E-state index in [9.17, 15) is 19.8 Å². The molecule has 0 aliphatic heterocycles. The smallest absolute Gasteiger partial charge is 0.303 e. The zero-order chi connectivity index (χ0) is 19.6. The third-order valence-electron chi connectivity index (χ3n) is 9.87. The van der Waals surface area contributed by atoms with Gasteiger partial charge < -0.3 is 10.2 Å². The van der Waals surface area contributed by atoms with E-state index < -0.39 is 5.97 Å². The van der Waals surface area contributed by atoms with E-state index in [0.717, 1.165) is 38.5 Å². The van der Waals surface area contributed by atoms with Crippen LogP contribution in [0, 0.1) is 46.3 Å². The van der Waals surface area contributed by atoms with Crippen LogP contribution >= 0.6 is 0 Å². The molecule has 3 unspecified atom stereocenters. The molecule has 0 heterocycles. The fourth-order valence-corrected chi connectivity index (χ4v) is 8.67. The van der Waals surface area contributed by atoms with Gasteiger partial charge in [0.2, 0.25) is 0 Å². The summed E-state index contributed by atoms with van der Waals surface area (Å²) in [4.78, 5) is 23.9. The van der Waals surface area contributed by atoms with E-state index in [1.165, 1.54) is 6.42 Å². The molecule has 152 valence electrons. The van der Waals surface area contributed by atoms with Gasteiger partial charge in [0.25, 0.3) is 0 Å². The Bertz CT molecular complexity index is 630. The molecule has 4 fully saturated rings. The predicted molar refractivity (Wildman–Crippen MR) is 103 cm³/mol. The molecule has 0 aromatic rings. The molecule has 9 atom stereocenters.